The van der Waals surface area contributed by atoms with Crippen molar-refractivity contribution in [1.82, 2.24) is 14.7 Å². The lowest BCUT2D eigenvalue weighted by molar-refractivity contribution is -0.138. The molecule has 1 heterocycles. The Kier molecular flexibility index (Phi) is 6.76. The number of rotatable bonds is 6. The molecule has 2 rings (SSSR count). The minimum absolute atomic E-state index is 0.0182. The number of likely N-dealkylation sites (N-methyl/N-ethyl adjacent to an activating group) is 1. The summed E-state index contributed by atoms with van der Waals surface area (Å²) in [5.41, 5.74) is 0.457. The molecule has 6 heteroatoms. The molecule has 1 aliphatic rings. The normalized spacial score (nSPS) is 15.4. The van der Waals surface area contributed by atoms with Gasteiger partial charge in [0.05, 0.1) is 24.4 Å². The summed E-state index contributed by atoms with van der Waals surface area (Å²) in [5, 5.41) is 8.61. The average Bonchev–Trinajstić information content (AvgIpc) is 2.66. The van der Waals surface area contributed by atoms with Crippen LogP contribution in [-0.2, 0) is 15.0 Å². The molecular weight excluding hydrogens is 328 g/mol. The maximum atomic E-state index is 13.0. The second kappa shape index (κ2) is 8.81. The topological polar surface area (TPSA) is 67.7 Å². The van der Waals surface area contributed by atoms with Crippen molar-refractivity contribution in [3.63, 3.8) is 0 Å². The van der Waals surface area contributed by atoms with E-state index in [1.165, 1.54) is 0 Å². The van der Waals surface area contributed by atoms with Gasteiger partial charge in [-0.15, -0.1) is 0 Å². The van der Waals surface area contributed by atoms with Gasteiger partial charge in [-0.2, -0.15) is 5.26 Å². The maximum absolute atomic E-state index is 13.0. The van der Waals surface area contributed by atoms with Crippen molar-refractivity contribution in [3.8, 4) is 6.07 Å². The lowest BCUT2D eigenvalue weighted by Gasteiger charge is -2.38. The summed E-state index contributed by atoms with van der Waals surface area (Å²) < 4.78 is 0. The number of hydrogen-bond donors (Lipinski definition) is 0. The van der Waals surface area contributed by atoms with Crippen LogP contribution < -0.4 is 0 Å². The van der Waals surface area contributed by atoms with Crippen molar-refractivity contribution < 1.29 is 9.59 Å². The number of amides is 2. The van der Waals surface area contributed by atoms with Crippen LogP contribution in [0.25, 0.3) is 0 Å². The van der Waals surface area contributed by atoms with Gasteiger partial charge in [0.25, 0.3) is 0 Å². The number of hydrogen-bond acceptors (Lipinski definition) is 4. The zero-order valence-electron chi connectivity index (χ0n) is 15.9. The van der Waals surface area contributed by atoms with Gasteiger partial charge in [0.15, 0.2) is 0 Å². The molecule has 0 spiro atoms. The molecule has 1 fully saturated rings. The first-order valence-electron chi connectivity index (χ1n) is 9.04. The lowest BCUT2D eigenvalue weighted by Crippen LogP contribution is -2.54. The molecule has 1 saturated heterocycles. The predicted molar refractivity (Wildman–Crippen MR) is 100 cm³/mol. The Morgan fingerprint density at radius 1 is 1.15 bits per heavy atom. The third-order valence-corrected chi connectivity index (χ3v) is 5.03. The highest BCUT2D eigenvalue weighted by Crippen LogP contribution is 2.26. The van der Waals surface area contributed by atoms with Gasteiger partial charge in [0.2, 0.25) is 11.8 Å². The van der Waals surface area contributed by atoms with Crippen LogP contribution in [0.4, 0.5) is 0 Å². The summed E-state index contributed by atoms with van der Waals surface area (Å²) in [5.74, 6) is 0.144. The van der Waals surface area contributed by atoms with E-state index in [9.17, 15) is 9.59 Å². The highest BCUT2D eigenvalue weighted by Gasteiger charge is 2.35. The average molecular weight is 356 g/mol. The SMILES string of the molecule is CN(CCC#N)C(=O)CN1CCN(C(=O)C(C)(C)c2ccccc2)CC1. The highest BCUT2D eigenvalue weighted by atomic mass is 16.2. The number of piperazine rings is 1. The Labute approximate surface area is 156 Å². The molecule has 0 bridgehead atoms. The van der Waals surface area contributed by atoms with Crippen LogP contribution in [0.15, 0.2) is 30.3 Å². The minimum Gasteiger partial charge on any atom is -0.344 e. The van der Waals surface area contributed by atoms with Crippen LogP contribution in [0.1, 0.15) is 25.8 Å². The van der Waals surface area contributed by atoms with Crippen LogP contribution in [0.2, 0.25) is 0 Å². The van der Waals surface area contributed by atoms with E-state index < -0.39 is 5.41 Å². The molecular formula is C20H28N4O2. The summed E-state index contributed by atoms with van der Waals surface area (Å²) in [4.78, 5) is 30.7. The fraction of sp³-hybridized carbons (Fsp3) is 0.550. The Bertz CT molecular complexity index is 658. The molecule has 1 aromatic rings. The molecule has 0 unspecified atom stereocenters. The second-order valence-corrected chi connectivity index (χ2v) is 7.28. The van der Waals surface area contributed by atoms with Gasteiger partial charge in [-0.1, -0.05) is 30.3 Å². The van der Waals surface area contributed by atoms with Crippen molar-refractivity contribution in [2.24, 2.45) is 0 Å². The summed E-state index contributed by atoms with van der Waals surface area (Å²) in [7, 11) is 1.72. The Morgan fingerprint density at radius 2 is 1.77 bits per heavy atom. The highest BCUT2D eigenvalue weighted by molar-refractivity contribution is 5.87. The molecule has 26 heavy (non-hydrogen) atoms. The van der Waals surface area contributed by atoms with E-state index in [4.69, 9.17) is 5.26 Å². The number of carbonyl (C=O) groups excluding carboxylic acids is 2. The quantitative estimate of drug-likeness (QED) is 0.774. The van der Waals surface area contributed by atoms with E-state index in [1.54, 1.807) is 11.9 Å². The molecule has 0 atom stereocenters. The fourth-order valence-corrected chi connectivity index (χ4v) is 3.14. The van der Waals surface area contributed by atoms with Crippen LogP contribution >= 0.6 is 0 Å². The van der Waals surface area contributed by atoms with Gasteiger partial charge in [0.1, 0.15) is 0 Å². The third kappa shape index (κ3) is 4.83. The van der Waals surface area contributed by atoms with E-state index in [0.29, 0.717) is 45.7 Å². The molecule has 1 aromatic carbocycles. The van der Waals surface area contributed by atoms with Crippen molar-refractivity contribution in [3.05, 3.63) is 35.9 Å². The van der Waals surface area contributed by atoms with Crippen LogP contribution in [0.3, 0.4) is 0 Å². The summed E-state index contributed by atoms with van der Waals surface area (Å²) in [6.07, 6.45) is 0.346. The Morgan fingerprint density at radius 3 is 2.35 bits per heavy atom. The van der Waals surface area contributed by atoms with Crippen LogP contribution in [0.5, 0.6) is 0 Å². The van der Waals surface area contributed by atoms with Gasteiger partial charge in [0, 0.05) is 39.8 Å². The molecule has 140 valence electrons. The number of carbonyl (C=O) groups is 2. The maximum Gasteiger partial charge on any atom is 0.236 e. The predicted octanol–water partition coefficient (Wildman–Crippen LogP) is 1.48. The van der Waals surface area contributed by atoms with Gasteiger partial charge < -0.3 is 9.80 Å². The third-order valence-electron chi connectivity index (χ3n) is 5.03. The number of benzene rings is 1. The van der Waals surface area contributed by atoms with Gasteiger partial charge in [-0.05, 0) is 19.4 Å². The van der Waals surface area contributed by atoms with Crippen molar-refractivity contribution in [2.75, 3.05) is 46.3 Å². The number of nitrogens with zero attached hydrogens (tertiary/aromatic N) is 4. The summed E-state index contributed by atoms with van der Waals surface area (Å²) >= 11 is 0. The molecule has 0 N–H and O–H groups in total. The lowest BCUT2D eigenvalue weighted by atomic mass is 9.83. The summed E-state index contributed by atoms with van der Waals surface area (Å²) in [6, 6.07) is 11.9. The zero-order chi connectivity index (χ0) is 19.2. The minimum atomic E-state index is -0.559. The first-order chi connectivity index (χ1) is 12.4. The van der Waals surface area contributed by atoms with Crippen molar-refractivity contribution in [1.29, 1.82) is 5.26 Å². The molecule has 0 saturated carbocycles. The largest absolute Gasteiger partial charge is 0.344 e. The molecule has 1 aliphatic heterocycles. The first kappa shape index (κ1) is 19.9. The Hall–Kier alpha value is -2.39. The van der Waals surface area contributed by atoms with Crippen molar-refractivity contribution >= 4 is 11.8 Å². The summed E-state index contributed by atoms with van der Waals surface area (Å²) in [6.45, 7) is 7.36. The molecule has 2 amide bonds. The van der Waals surface area contributed by atoms with E-state index in [0.717, 1.165) is 5.56 Å². The zero-order valence-corrected chi connectivity index (χ0v) is 15.9. The Balaban J connectivity index is 1.87. The van der Waals surface area contributed by atoms with E-state index in [-0.39, 0.29) is 11.8 Å². The fourth-order valence-electron chi connectivity index (χ4n) is 3.14. The van der Waals surface area contributed by atoms with E-state index in [2.05, 4.69) is 11.0 Å². The molecule has 6 nitrogen and oxygen atoms in total. The van der Waals surface area contributed by atoms with E-state index >= 15 is 0 Å². The smallest absolute Gasteiger partial charge is 0.236 e. The standard InChI is InChI=1S/C20H28N4O2/c1-20(2,17-8-5-4-6-9-17)19(26)24-14-12-23(13-15-24)16-18(25)22(3)11-7-10-21/h4-6,8-9H,7,11-16H2,1-3H3. The molecule has 0 aromatic heterocycles. The van der Waals surface area contributed by atoms with Crippen molar-refractivity contribution in [2.45, 2.75) is 25.7 Å². The van der Waals surface area contributed by atoms with Gasteiger partial charge in [-0.3, -0.25) is 14.5 Å². The number of nitriles is 1. The van der Waals surface area contributed by atoms with Gasteiger partial charge >= 0.3 is 0 Å². The van der Waals surface area contributed by atoms with Gasteiger partial charge in [-0.25, -0.2) is 0 Å². The van der Waals surface area contributed by atoms with Crippen LogP contribution in [-0.4, -0.2) is 72.8 Å². The monoisotopic (exact) mass is 356 g/mol. The molecule has 0 aliphatic carbocycles. The first-order valence-corrected chi connectivity index (χ1v) is 9.04. The molecule has 0 radical (unpaired) electrons. The van der Waals surface area contributed by atoms with Crippen LogP contribution in [0, 0.1) is 11.3 Å². The second-order valence-electron chi connectivity index (χ2n) is 7.28. The van der Waals surface area contributed by atoms with E-state index in [1.807, 2.05) is 49.1 Å².